The number of aryl methyl sites for hydroxylation is 1. The molecule has 1 saturated heterocycles. The molecule has 0 N–H and O–H groups in total. The first kappa shape index (κ1) is 22.8. The van der Waals surface area contributed by atoms with E-state index in [1.165, 1.54) is 42.1 Å². The van der Waals surface area contributed by atoms with Crippen molar-refractivity contribution in [1.82, 2.24) is 14.5 Å². The summed E-state index contributed by atoms with van der Waals surface area (Å²) in [5, 5.41) is 11.6. The maximum atomic E-state index is 11.5. The van der Waals surface area contributed by atoms with Crippen LogP contribution in [0.25, 0.3) is 21.8 Å². The highest BCUT2D eigenvalue weighted by Gasteiger charge is 2.30. The van der Waals surface area contributed by atoms with Crippen LogP contribution in [0.4, 0.5) is 5.69 Å². The third-order valence-corrected chi connectivity index (χ3v) is 8.30. The fourth-order valence-electron chi connectivity index (χ4n) is 6.40. The molecule has 6 heteroatoms. The third-order valence-electron chi connectivity index (χ3n) is 8.30. The first-order chi connectivity index (χ1) is 17.6. The number of piperazine rings is 1. The van der Waals surface area contributed by atoms with Gasteiger partial charge >= 0.3 is 0 Å². The fourth-order valence-corrected chi connectivity index (χ4v) is 6.40. The quantitative estimate of drug-likeness (QED) is 0.375. The van der Waals surface area contributed by atoms with Crippen LogP contribution in [0.2, 0.25) is 0 Å². The molecular weight excluding hydrogens is 446 g/mol. The van der Waals surface area contributed by atoms with Crippen LogP contribution >= 0.6 is 0 Å². The summed E-state index contributed by atoms with van der Waals surface area (Å²) in [7, 11) is 2.10. The zero-order chi connectivity index (χ0) is 24.6. The smallest absolute Gasteiger partial charge is 0.150 e. The minimum absolute atomic E-state index is 0.559. The van der Waals surface area contributed by atoms with Crippen molar-refractivity contribution in [3.63, 3.8) is 0 Å². The van der Waals surface area contributed by atoms with E-state index in [9.17, 15) is 10.1 Å². The normalized spacial score (nSPS) is 21.1. The van der Waals surface area contributed by atoms with E-state index in [1.54, 1.807) is 0 Å². The number of fused-ring (bicyclic) bond motifs is 2. The Morgan fingerprint density at radius 2 is 1.83 bits per heavy atom. The Morgan fingerprint density at radius 3 is 2.58 bits per heavy atom. The topological polar surface area (TPSA) is 65.2 Å². The maximum absolute atomic E-state index is 11.5. The fraction of sp³-hybridized carbons (Fsp3) is 0.367. The number of carbonyl (C=O) groups is 1. The van der Waals surface area contributed by atoms with Crippen molar-refractivity contribution < 1.29 is 4.79 Å². The van der Waals surface area contributed by atoms with Crippen LogP contribution in [0.3, 0.4) is 0 Å². The van der Waals surface area contributed by atoms with Gasteiger partial charge in [0.25, 0.3) is 0 Å². The van der Waals surface area contributed by atoms with Crippen LogP contribution in [0.5, 0.6) is 0 Å². The van der Waals surface area contributed by atoms with Crippen molar-refractivity contribution in [2.75, 3.05) is 31.1 Å². The van der Waals surface area contributed by atoms with Crippen molar-refractivity contribution in [3.8, 4) is 6.07 Å². The monoisotopic (exact) mass is 477 g/mol. The number of benzene rings is 2. The summed E-state index contributed by atoms with van der Waals surface area (Å²) in [4.78, 5) is 21.2. The lowest BCUT2D eigenvalue weighted by Crippen LogP contribution is -2.51. The second-order valence-corrected chi connectivity index (χ2v) is 10.3. The summed E-state index contributed by atoms with van der Waals surface area (Å²) >= 11 is 0. The number of hydrogen-bond acceptors (Lipinski definition) is 5. The number of nitriles is 1. The Morgan fingerprint density at radius 1 is 1.03 bits per heavy atom. The molecule has 2 aromatic heterocycles. The van der Waals surface area contributed by atoms with Gasteiger partial charge in [0.05, 0.1) is 22.8 Å². The van der Waals surface area contributed by atoms with E-state index in [0.717, 1.165) is 54.6 Å². The van der Waals surface area contributed by atoms with Crippen LogP contribution in [0.1, 0.15) is 53.1 Å². The molecule has 3 heterocycles. The van der Waals surface area contributed by atoms with Gasteiger partial charge in [-0.1, -0.05) is 6.07 Å². The summed E-state index contributed by atoms with van der Waals surface area (Å²) in [6.45, 7) is 3.98. The molecule has 0 bridgehead atoms. The van der Waals surface area contributed by atoms with E-state index < -0.39 is 0 Å². The van der Waals surface area contributed by atoms with Crippen LogP contribution in [0.15, 0.2) is 54.9 Å². The van der Waals surface area contributed by atoms with E-state index in [2.05, 4.69) is 50.8 Å². The lowest BCUT2D eigenvalue weighted by molar-refractivity contribution is 0.112. The Labute approximate surface area is 211 Å². The first-order valence-corrected chi connectivity index (χ1v) is 13.0. The van der Waals surface area contributed by atoms with Crippen LogP contribution in [-0.4, -0.2) is 53.0 Å². The van der Waals surface area contributed by atoms with Crippen LogP contribution in [-0.2, 0) is 7.05 Å². The number of rotatable bonds is 4. The summed E-state index contributed by atoms with van der Waals surface area (Å²) in [6, 6.07) is 16.9. The second kappa shape index (κ2) is 9.40. The Balaban J connectivity index is 1.12. The van der Waals surface area contributed by atoms with Crippen molar-refractivity contribution in [3.05, 3.63) is 71.5 Å². The first-order valence-electron chi connectivity index (χ1n) is 13.0. The van der Waals surface area contributed by atoms with Gasteiger partial charge in [0.15, 0.2) is 0 Å². The van der Waals surface area contributed by atoms with Crippen molar-refractivity contribution in [2.24, 2.45) is 7.05 Å². The van der Waals surface area contributed by atoms with E-state index >= 15 is 0 Å². The largest absolute Gasteiger partial charge is 0.367 e. The molecule has 2 fully saturated rings. The number of anilines is 1. The predicted octanol–water partition coefficient (Wildman–Crippen LogP) is 5.26. The zero-order valence-corrected chi connectivity index (χ0v) is 20.7. The van der Waals surface area contributed by atoms with E-state index in [4.69, 9.17) is 0 Å². The molecule has 0 spiro atoms. The molecule has 2 aromatic carbocycles. The Kier molecular flexibility index (Phi) is 5.94. The van der Waals surface area contributed by atoms with Gasteiger partial charge < -0.3 is 9.47 Å². The van der Waals surface area contributed by atoms with Crippen molar-refractivity contribution in [2.45, 2.75) is 37.6 Å². The average Bonchev–Trinajstić information content (AvgIpc) is 3.28. The molecule has 4 aromatic rings. The molecule has 36 heavy (non-hydrogen) atoms. The molecule has 0 unspecified atom stereocenters. The Bertz CT molecular complexity index is 1470. The maximum Gasteiger partial charge on any atom is 0.150 e. The van der Waals surface area contributed by atoms with Gasteiger partial charge in [-0.2, -0.15) is 5.26 Å². The summed E-state index contributed by atoms with van der Waals surface area (Å²) in [5.41, 5.74) is 6.12. The molecular formula is C30H31N5O. The minimum Gasteiger partial charge on any atom is -0.367 e. The molecule has 2 aliphatic rings. The highest BCUT2D eigenvalue weighted by molar-refractivity contribution is 5.96. The van der Waals surface area contributed by atoms with Crippen LogP contribution < -0.4 is 4.90 Å². The molecule has 0 amide bonds. The Hall–Kier alpha value is -3.69. The standard InChI is InChI=1S/C30H31N5O/c1-33-19-27(26-16-21(18-31)4-9-28(26)33)23-5-7-25(8-6-23)34-11-13-35(14-12-34)29-17-22(20-36)15-24-3-2-10-32-30(24)29/h2-4,9-10,15-17,19-20,23,25H,5-8,11-14H2,1H3/t23-,25+. The van der Waals surface area contributed by atoms with Crippen molar-refractivity contribution >= 4 is 33.8 Å². The second-order valence-electron chi connectivity index (χ2n) is 10.3. The molecule has 6 rings (SSSR count). The van der Waals surface area contributed by atoms with Gasteiger partial charge in [0, 0.05) is 73.5 Å². The van der Waals surface area contributed by atoms with E-state index in [-0.39, 0.29) is 0 Å². The van der Waals surface area contributed by atoms with Gasteiger partial charge in [0.1, 0.15) is 6.29 Å². The summed E-state index contributed by atoms with van der Waals surface area (Å²) in [6.07, 6.45) is 9.85. The third kappa shape index (κ3) is 4.04. The predicted molar refractivity (Wildman–Crippen MR) is 144 cm³/mol. The highest BCUT2D eigenvalue weighted by atomic mass is 16.1. The average molecular weight is 478 g/mol. The number of carbonyl (C=O) groups excluding carboxylic acids is 1. The number of pyridine rings is 1. The van der Waals surface area contributed by atoms with Gasteiger partial charge in [0.2, 0.25) is 0 Å². The number of nitrogens with zero attached hydrogens (tertiary/aromatic N) is 5. The number of aldehydes is 1. The SMILES string of the molecule is Cn1cc([C@H]2CC[C@@H](N3CCN(c4cc(C=O)cc5cccnc45)CC3)CC2)c2cc(C#N)ccc21. The van der Waals surface area contributed by atoms with Crippen molar-refractivity contribution in [1.29, 1.82) is 5.26 Å². The van der Waals surface area contributed by atoms with Gasteiger partial charge in [-0.25, -0.2) is 0 Å². The molecule has 0 atom stereocenters. The van der Waals surface area contributed by atoms with Gasteiger partial charge in [-0.15, -0.1) is 0 Å². The molecule has 6 nitrogen and oxygen atoms in total. The zero-order valence-electron chi connectivity index (χ0n) is 20.7. The number of hydrogen-bond donors (Lipinski definition) is 0. The van der Waals surface area contributed by atoms with Gasteiger partial charge in [-0.05, 0) is 73.6 Å². The molecule has 1 saturated carbocycles. The minimum atomic E-state index is 0.559. The lowest BCUT2D eigenvalue weighted by Gasteiger charge is -2.42. The highest BCUT2D eigenvalue weighted by Crippen LogP contribution is 2.39. The van der Waals surface area contributed by atoms with Crippen LogP contribution in [0, 0.1) is 11.3 Å². The summed E-state index contributed by atoms with van der Waals surface area (Å²) in [5.74, 6) is 0.559. The summed E-state index contributed by atoms with van der Waals surface area (Å²) < 4.78 is 2.20. The van der Waals surface area contributed by atoms with E-state index in [1.807, 2.05) is 36.5 Å². The van der Waals surface area contributed by atoms with Gasteiger partial charge in [-0.3, -0.25) is 14.7 Å². The lowest BCUT2D eigenvalue weighted by atomic mass is 9.81. The number of aromatic nitrogens is 2. The molecule has 1 aliphatic heterocycles. The van der Waals surface area contributed by atoms with E-state index in [0.29, 0.717) is 17.5 Å². The molecule has 182 valence electrons. The molecule has 0 radical (unpaired) electrons. The molecule has 1 aliphatic carbocycles.